The molecule has 2 aliphatic carbocycles. The molecule has 1 aliphatic heterocycles. The minimum absolute atomic E-state index is 0.0662. The van der Waals surface area contributed by atoms with E-state index in [4.69, 9.17) is 4.74 Å². The van der Waals surface area contributed by atoms with Crippen molar-refractivity contribution in [1.29, 1.82) is 0 Å². The largest absolute Gasteiger partial charge is 0.508 e. The molecule has 4 nitrogen and oxygen atoms in total. The Balaban J connectivity index is 1.69. The van der Waals surface area contributed by atoms with Gasteiger partial charge in [0.15, 0.2) is 0 Å². The molecule has 1 amide bonds. The second kappa shape index (κ2) is 5.73. The molecule has 2 N–H and O–H groups in total. The number of fused-ring (bicyclic) bond motifs is 1. The summed E-state index contributed by atoms with van der Waals surface area (Å²) >= 11 is 0. The van der Waals surface area contributed by atoms with Crippen LogP contribution >= 0.6 is 0 Å². The molecule has 1 heterocycles. The van der Waals surface area contributed by atoms with Crippen LogP contribution in [0.4, 0.5) is 0 Å². The van der Waals surface area contributed by atoms with Crippen molar-refractivity contribution in [2.45, 2.75) is 58.6 Å². The van der Waals surface area contributed by atoms with E-state index in [2.05, 4.69) is 19.2 Å². The van der Waals surface area contributed by atoms with E-state index in [0.717, 1.165) is 25.0 Å². The Morgan fingerprint density at radius 1 is 1.32 bits per heavy atom. The number of carbonyl (C=O) groups excluding carboxylic acids is 1. The van der Waals surface area contributed by atoms with Crippen LogP contribution in [0.3, 0.4) is 0 Å². The van der Waals surface area contributed by atoms with Gasteiger partial charge < -0.3 is 15.2 Å². The van der Waals surface area contributed by atoms with Crippen molar-refractivity contribution < 1.29 is 14.6 Å². The predicted octanol–water partition coefficient (Wildman–Crippen LogP) is 3.80. The molecule has 0 unspecified atom stereocenters. The average molecular weight is 343 g/mol. The van der Waals surface area contributed by atoms with Gasteiger partial charge in [-0.3, -0.25) is 4.79 Å². The van der Waals surface area contributed by atoms with Crippen molar-refractivity contribution in [1.82, 2.24) is 5.32 Å². The van der Waals surface area contributed by atoms with Crippen LogP contribution < -0.4 is 5.32 Å². The molecule has 1 aromatic rings. The summed E-state index contributed by atoms with van der Waals surface area (Å²) in [6, 6.07) is 7.67. The molecular weight excluding hydrogens is 314 g/mol. The predicted molar refractivity (Wildman–Crippen MR) is 96.1 cm³/mol. The fraction of sp³-hybridized carbons (Fsp3) is 0.667. The molecule has 1 aromatic carbocycles. The highest BCUT2D eigenvalue weighted by molar-refractivity contribution is 5.76. The summed E-state index contributed by atoms with van der Waals surface area (Å²) in [4.78, 5) is 12.2. The molecule has 3 aliphatic rings. The first-order valence-electron chi connectivity index (χ1n) is 9.58. The van der Waals surface area contributed by atoms with Gasteiger partial charge in [0.05, 0.1) is 6.10 Å². The maximum absolute atomic E-state index is 12.2. The summed E-state index contributed by atoms with van der Waals surface area (Å²) in [5.74, 6) is 1.51. The lowest BCUT2D eigenvalue weighted by atomic mass is 9.59. The highest BCUT2D eigenvalue weighted by Crippen LogP contribution is 2.70. The van der Waals surface area contributed by atoms with Gasteiger partial charge in [-0.05, 0) is 59.6 Å². The van der Waals surface area contributed by atoms with E-state index < -0.39 is 0 Å². The smallest absolute Gasteiger partial charge is 0.219 e. The monoisotopic (exact) mass is 343 g/mol. The quantitative estimate of drug-likeness (QED) is 0.877. The van der Waals surface area contributed by atoms with Gasteiger partial charge in [0.25, 0.3) is 0 Å². The molecule has 25 heavy (non-hydrogen) atoms. The number of hydrogen-bond acceptors (Lipinski definition) is 3. The number of rotatable bonds is 3. The van der Waals surface area contributed by atoms with Crippen LogP contribution in [0.5, 0.6) is 5.75 Å². The van der Waals surface area contributed by atoms with E-state index in [-0.39, 0.29) is 34.6 Å². The van der Waals surface area contributed by atoms with Crippen molar-refractivity contribution in [3.63, 3.8) is 0 Å². The van der Waals surface area contributed by atoms with Crippen molar-refractivity contribution in [2.75, 3.05) is 6.61 Å². The fourth-order valence-electron chi connectivity index (χ4n) is 6.04. The minimum atomic E-state index is 0.0662. The SMILES string of the molecule is CCC(=O)N[C@@H]1C(C)(C)[C@@H]2C[C@@H]3[C@@H](c4ccc(O)cc4)OCC[C@@]31C2. The van der Waals surface area contributed by atoms with Gasteiger partial charge in [0, 0.05) is 19.1 Å². The van der Waals surface area contributed by atoms with Gasteiger partial charge in [-0.25, -0.2) is 0 Å². The Morgan fingerprint density at radius 2 is 2.04 bits per heavy atom. The van der Waals surface area contributed by atoms with Crippen molar-refractivity contribution >= 4 is 5.91 Å². The summed E-state index contributed by atoms with van der Waals surface area (Å²) in [6.07, 6.45) is 3.99. The molecule has 1 saturated heterocycles. The molecule has 0 radical (unpaired) electrons. The van der Waals surface area contributed by atoms with Crippen molar-refractivity contribution in [3.05, 3.63) is 29.8 Å². The van der Waals surface area contributed by atoms with Gasteiger partial charge in [-0.1, -0.05) is 32.9 Å². The number of phenols is 1. The number of ether oxygens (including phenoxy) is 1. The van der Waals surface area contributed by atoms with Gasteiger partial charge in [-0.15, -0.1) is 0 Å². The summed E-state index contributed by atoms with van der Waals surface area (Å²) in [5, 5.41) is 13.0. The average Bonchev–Trinajstić information content (AvgIpc) is 3.08. The Bertz CT molecular complexity index is 668. The van der Waals surface area contributed by atoms with E-state index in [0.29, 0.717) is 18.3 Å². The lowest BCUT2D eigenvalue weighted by molar-refractivity contribution is -0.137. The molecule has 136 valence electrons. The van der Waals surface area contributed by atoms with Gasteiger partial charge in [0.2, 0.25) is 5.91 Å². The summed E-state index contributed by atoms with van der Waals surface area (Å²) in [5.41, 5.74) is 1.42. The van der Waals surface area contributed by atoms with E-state index >= 15 is 0 Å². The molecule has 5 atom stereocenters. The summed E-state index contributed by atoms with van der Waals surface area (Å²) in [6.45, 7) is 7.32. The first-order valence-corrected chi connectivity index (χ1v) is 9.58. The van der Waals surface area contributed by atoms with Crippen LogP contribution in [0.25, 0.3) is 0 Å². The third-order valence-electron chi connectivity index (χ3n) is 7.35. The van der Waals surface area contributed by atoms with E-state index in [1.54, 1.807) is 12.1 Å². The number of phenolic OH excluding ortho intramolecular Hbond substituents is 1. The molecule has 2 saturated carbocycles. The second-order valence-electron chi connectivity index (χ2n) is 8.78. The first kappa shape index (κ1) is 16.9. The fourth-order valence-corrected chi connectivity index (χ4v) is 6.04. The highest BCUT2D eigenvalue weighted by atomic mass is 16.5. The lowest BCUT2D eigenvalue weighted by Gasteiger charge is -2.53. The normalized spacial score (nSPS) is 38.4. The van der Waals surface area contributed by atoms with Crippen LogP contribution in [-0.4, -0.2) is 23.7 Å². The molecule has 2 bridgehead atoms. The first-order chi connectivity index (χ1) is 11.9. The zero-order valence-corrected chi connectivity index (χ0v) is 15.4. The molecule has 0 aromatic heterocycles. The standard InChI is InChI=1S/C21H29NO3/c1-4-17(24)22-19-20(2,3)14-11-16-18(13-5-7-15(23)8-6-13)25-10-9-21(16,19)12-14/h5-8,14,16,18-19,23H,4,9-12H2,1-3H3,(H,22,24)/t14-,16-,18-,19-,21-/m1/s1. The molecule has 1 spiro atoms. The van der Waals surface area contributed by atoms with E-state index in [1.165, 1.54) is 6.42 Å². The lowest BCUT2D eigenvalue weighted by Crippen LogP contribution is -2.58. The van der Waals surface area contributed by atoms with Crippen molar-refractivity contribution in [3.8, 4) is 5.75 Å². The van der Waals surface area contributed by atoms with Crippen molar-refractivity contribution in [2.24, 2.45) is 22.7 Å². The number of benzene rings is 1. The highest BCUT2D eigenvalue weighted by Gasteiger charge is 2.68. The van der Waals surface area contributed by atoms with E-state index in [1.807, 2.05) is 19.1 Å². The zero-order chi connectivity index (χ0) is 17.8. The second-order valence-corrected chi connectivity index (χ2v) is 8.78. The maximum atomic E-state index is 12.2. The maximum Gasteiger partial charge on any atom is 0.219 e. The van der Waals surface area contributed by atoms with Crippen LogP contribution in [0.15, 0.2) is 24.3 Å². The minimum Gasteiger partial charge on any atom is -0.508 e. The third kappa shape index (κ3) is 2.41. The summed E-state index contributed by atoms with van der Waals surface area (Å²) < 4.78 is 6.22. The van der Waals surface area contributed by atoms with Gasteiger partial charge >= 0.3 is 0 Å². The van der Waals surface area contributed by atoms with Crippen LogP contribution in [-0.2, 0) is 9.53 Å². The topological polar surface area (TPSA) is 58.6 Å². The Kier molecular flexibility index (Phi) is 3.87. The Labute approximate surface area is 150 Å². The molecular formula is C21H29NO3. The molecule has 3 fully saturated rings. The Hall–Kier alpha value is -1.55. The molecule has 4 rings (SSSR count). The number of nitrogens with one attached hydrogen (secondary N) is 1. The van der Waals surface area contributed by atoms with Crippen LogP contribution in [0.1, 0.15) is 58.1 Å². The number of carbonyl (C=O) groups is 1. The zero-order valence-electron chi connectivity index (χ0n) is 15.4. The van der Waals surface area contributed by atoms with Crippen LogP contribution in [0.2, 0.25) is 0 Å². The number of hydrogen-bond donors (Lipinski definition) is 2. The third-order valence-corrected chi connectivity index (χ3v) is 7.35. The summed E-state index contributed by atoms with van der Waals surface area (Å²) in [7, 11) is 0. The van der Waals surface area contributed by atoms with Gasteiger partial charge in [-0.2, -0.15) is 0 Å². The Morgan fingerprint density at radius 3 is 2.72 bits per heavy atom. The van der Waals surface area contributed by atoms with Gasteiger partial charge in [0.1, 0.15) is 5.75 Å². The number of aromatic hydroxyl groups is 1. The number of amides is 1. The van der Waals surface area contributed by atoms with E-state index in [9.17, 15) is 9.90 Å². The van der Waals surface area contributed by atoms with Crippen LogP contribution in [0, 0.1) is 22.7 Å². The molecule has 4 heteroatoms.